The van der Waals surface area contributed by atoms with Crippen LogP contribution < -0.4 is 11.1 Å². The van der Waals surface area contributed by atoms with Crippen LogP contribution in [-0.4, -0.2) is 31.6 Å². The van der Waals surface area contributed by atoms with Gasteiger partial charge in [-0.25, -0.2) is 0 Å². The molecule has 4 heteroatoms. The van der Waals surface area contributed by atoms with Crippen LogP contribution >= 0.6 is 11.6 Å². The molecular formula is C15H24ClN3. The van der Waals surface area contributed by atoms with Crippen molar-refractivity contribution in [2.24, 2.45) is 5.92 Å². The average Bonchev–Trinajstić information content (AvgIpc) is 2.38. The SMILES string of the molecule is Cc1cc(N)c(Cl)cc1NCCC1CCN(C)CC1. The molecule has 0 amide bonds. The van der Waals surface area contributed by atoms with E-state index in [1.807, 2.05) is 12.1 Å². The van der Waals surface area contributed by atoms with Gasteiger partial charge in [-0.2, -0.15) is 0 Å². The maximum atomic E-state index is 6.06. The number of likely N-dealkylation sites (tertiary alicyclic amines) is 1. The van der Waals surface area contributed by atoms with E-state index in [9.17, 15) is 0 Å². The highest BCUT2D eigenvalue weighted by molar-refractivity contribution is 6.33. The van der Waals surface area contributed by atoms with Crippen LogP contribution in [-0.2, 0) is 0 Å². The standard InChI is InChI=1S/C15H24ClN3/c1-11-9-14(17)13(16)10-15(11)18-6-3-12-4-7-19(2)8-5-12/h9-10,12,18H,3-8,17H2,1-2H3. The number of aryl methyl sites for hydroxylation is 1. The van der Waals surface area contributed by atoms with Crippen LogP contribution in [0.5, 0.6) is 0 Å². The van der Waals surface area contributed by atoms with E-state index in [1.54, 1.807) is 0 Å². The van der Waals surface area contributed by atoms with Crippen molar-refractivity contribution in [1.82, 2.24) is 4.90 Å². The van der Waals surface area contributed by atoms with Crippen molar-refractivity contribution in [2.45, 2.75) is 26.2 Å². The monoisotopic (exact) mass is 281 g/mol. The molecule has 1 aromatic carbocycles. The molecule has 1 aliphatic rings. The predicted molar refractivity (Wildman–Crippen MR) is 83.9 cm³/mol. The molecule has 0 atom stereocenters. The molecule has 106 valence electrons. The van der Waals surface area contributed by atoms with Crippen molar-refractivity contribution in [2.75, 3.05) is 37.7 Å². The smallest absolute Gasteiger partial charge is 0.0656 e. The number of nitrogens with zero attached hydrogens (tertiary/aromatic N) is 1. The molecular weight excluding hydrogens is 258 g/mol. The van der Waals surface area contributed by atoms with E-state index in [1.165, 1.54) is 32.4 Å². The summed E-state index contributed by atoms with van der Waals surface area (Å²) in [5.41, 5.74) is 8.70. The first-order valence-corrected chi connectivity index (χ1v) is 7.42. The Labute approximate surface area is 121 Å². The Balaban J connectivity index is 1.81. The lowest BCUT2D eigenvalue weighted by Gasteiger charge is -2.29. The molecule has 0 saturated carbocycles. The number of nitrogens with one attached hydrogen (secondary N) is 1. The maximum Gasteiger partial charge on any atom is 0.0656 e. The normalized spacial score (nSPS) is 17.6. The number of benzene rings is 1. The molecule has 0 radical (unpaired) electrons. The molecule has 1 aromatic rings. The lowest BCUT2D eigenvalue weighted by atomic mass is 9.94. The van der Waals surface area contributed by atoms with Gasteiger partial charge in [-0.15, -0.1) is 0 Å². The van der Waals surface area contributed by atoms with Crippen molar-refractivity contribution in [1.29, 1.82) is 0 Å². The molecule has 0 bridgehead atoms. The first-order valence-electron chi connectivity index (χ1n) is 7.04. The van der Waals surface area contributed by atoms with Crippen LogP contribution in [0.3, 0.4) is 0 Å². The van der Waals surface area contributed by atoms with Crippen LogP contribution in [0.25, 0.3) is 0 Å². The Morgan fingerprint density at radius 2 is 2.05 bits per heavy atom. The van der Waals surface area contributed by atoms with Gasteiger partial charge in [-0.1, -0.05) is 11.6 Å². The van der Waals surface area contributed by atoms with E-state index < -0.39 is 0 Å². The molecule has 0 unspecified atom stereocenters. The van der Waals surface area contributed by atoms with Crippen molar-refractivity contribution in [3.05, 3.63) is 22.7 Å². The van der Waals surface area contributed by atoms with Crippen LogP contribution in [0.1, 0.15) is 24.8 Å². The summed E-state index contributed by atoms with van der Waals surface area (Å²) < 4.78 is 0. The number of rotatable bonds is 4. The fraction of sp³-hybridized carbons (Fsp3) is 0.600. The zero-order valence-electron chi connectivity index (χ0n) is 11.9. The third-order valence-electron chi connectivity index (χ3n) is 4.05. The topological polar surface area (TPSA) is 41.3 Å². The first-order chi connectivity index (χ1) is 9.06. The first kappa shape index (κ1) is 14.5. The molecule has 19 heavy (non-hydrogen) atoms. The summed E-state index contributed by atoms with van der Waals surface area (Å²) in [4.78, 5) is 2.41. The van der Waals surface area contributed by atoms with E-state index in [2.05, 4.69) is 24.2 Å². The quantitative estimate of drug-likeness (QED) is 0.832. The summed E-state index contributed by atoms with van der Waals surface area (Å²) >= 11 is 6.06. The van der Waals surface area contributed by atoms with Crippen LogP contribution in [0.2, 0.25) is 5.02 Å². The number of hydrogen-bond donors (Lipinski definition) is 2. The highest BCUT2D eigenvalue weighted by Crippen LogP contribution is 2.27. The Hall–Kier alpha value is -0.930. The maximum absolute atomic E-state index is 6.06. The number of nitrogen functional groups attached to an aromatic ring is 1. The Morgan fingerprint density at radius 1 is 1.37 bits per heavy atom. The summed E-state index contributed by atoms with van der Waals surface area (Å²) in [5.74, 6) is 0.855. The van der Waals surface area contributed by atoms with Gasteiger partial charge in [0.1, 0.15) is 0 Å². The van der Waals surface area contributed by atoms with Crippen LogP contribution in [0.15, 0.2) is 12.1 Å². The minimum Gasteiger partial charge on any atom is -0.398 e. The summed E-state index contributed by atoms with van der Waals surface area (Å²) in [7, 11) is 2.20. The van der Waals surface area contributed by atoms with Gasteiger partial charge in [0, 0.05) is 12.2 Å². The second kappa shape index (κ2) is 6.49. The fourth-order valence-corrected chi connectivity index (χ4v) is 2.82. The molecule has 3 nitrogen and oxygen atoms in total. The van der Waals surface area contributed by atoms with Crippen molar-refractivity contribution in [3.8, 4) is 0 Å². The molecule has 0 spiro atoms. The molecule has 0 aliphatic carbocycles. The number of halogens is 1. The van der Waals surface area contributed by atoms with Crippen LogP contribution in [0.4, 0.5) is 11.4 Å². The third-order valence-corrected chi connectivity index (χ3v) is 4.38. The van der Waals surface area contributed by atoms with Gasteiger partial charge >= 0.3 is 0 Å². The van der Waals surface area contributed by atoms with Gasteiger partial charge in [0.25, 0.3) is 0 Å². The zero-order valence-corrected chi connectivity index (χ0v) is 12.6. The average molecular weight is 282 g/mol. The summed E-state index contributed by atoms with van der Waals surface area (Å²) in [6.45, 7) is 5.54. The number of anilines is 2. The predicted octanol–water partition coefficient (Wildman–Crippen LogP) is 3.37. The molecule has 2 rings (SSSR count). The van der Waals surface area contributed by atoms with Gasteiger partial charge in [0.15, 0.2) is 0 Å². The third kappa shape index (κ3) is 4.02. The molecule has 1 fully saturated rings. The van der Waals surface area contributed by atoms with E-state index in [4.69, 9.17) is 17.3 Å². The van der Waals surface area contributed by atoms with E-state index in [0.717, 1.165) is 23.7 Å². The van der Waals surface area contributed by atoms with E-state index >= 15 is 0 Å². The highest BCUT2D eigenvalue weighted by atomic mass is 35.5. The minimum absolute atomic E-state index is 0.632. The fourth-order valence-electron chi connectivity index (χ4n) is 2.66. The van der Waals surface area contributed by atoms with E-state index in [0.29, 0.717) is 10.7 Å². The molecule has 1 heterocycles. The highest BCUT2D eigenvalue weighted by Gasteiger charge is 2.16. The summed E-state index contributed by atoms with van der Waals surface area (Å²) in [6, 6.07) is 3.86. The van der Waals surface area contributed by atoms with E-state index in [-0.39, 0.29) is 0 Å². The van der Waals surface area contributed by atoms with Gasteiger partial charge < -0.3 is 16.0 Å². The molecule has 0 aromatic heterocycles. The second-order valence-electron chi connectivity index (χ2n) is 5.65. The zero-order chi connectivity index (χ0) is 13.8. The second-order valence-corrected chi connectivity index (χ2v) is 6.06. The Bertz CT molecular complexity index is 426. The number of hydrogen-bond acceptors (Lipinski definition) is 3. The van der Waals surface area contributed by atoms with Gasteiger partial charge in [0.2, 0.25) is 0 Å². The number of nitrogens with two attached hydrogens (primary N) is 1. The minimum atomic E-state index is 0.632. The molecule has 3 N–H and O–H groups in total. The summed E-state index contributed by atoms with van der Waals surface area (Å²) in [5, 5.41) is 4.12. The lowest BCUT2D eigenvalue weighted by Crippen LogP contribution is -2.30. The number of piperidine rings is 1. The largest absolute Gasteiger partial charge is 0.398 e. The molecule has 1 saturated heterocycles. The van der Waals surface area contributed by atoms with Gasteiger partial charge in [0.05, 0.1) is 10.7 Å². The Kier molecular flexibility index (Phi) is 4.94. The van der Waals surface area contributed by atoms with Crippen molar-refractivity contribution in [3.63, 3.8) is 0 Å². The van der Waals surface area contributed by atoms with Crippen molar-refractivity contribution < 1.29 is 0 Å². The summed E-state index contributed by atoms with van der Waals surface area (Å²) in [6.07, 6.45) is 3.87. The van der Waals surface area contributed by atoms with Gasteiger partial charge in [-0.05, 0) is 69.9 Å². The molecule has 1 aliphatic heterocycles. The lowest BCUT2D eigenvalue weighted by molar-refractivity contribution is 0.215. The van der Waals surface area contributed by atoms with Crippen molar-refractivity contribution >= 4 is 23.0 Å². The Morgan fingerprint density at radius 3 is 2.74 bits per heavy atom. The van der Waals surface area contributed by atoms with Crippen LogP contribution in [0, 0.1) is 12.8 Å². The van der Waals surface area contributed by atoms with Gasteiger partial charge in [-0.3, -0.25) is 0 Å².